The molecule has 108 valence electrons. The molecule has 20 heavy (non-hydrogen) atoms. The third kappa shape index (κ3) is 4.47. The summed E-state index contributed by atoms with van der Waals surface area (Å²) in [6.07, 6.45) is 8.67. The fourth-order valence-corrected chi connectivity index (χ4v) is 2.50. The van der Waals surface area contributed by atoms with Gasteiger partial charge in [0.2, 0.25) is 0 Å². The van der Waals surface area contributed by atoms with Crippen LogP contribution in [0.1, 0.15) is 26.2 Å². The van der Waals surface area contributed by atoms with Crippen molar-refractivity contribution in [2.75, 3.05) is 31.6 Å². The standard InChI is InChI=1S/C17H24N2O/c1-3-10-19-11-8-15(9-12-19)18-16-6-5-7-17(14-16)20-13-4-2/h1,5-7,14-15,18H,4,8-13H2,2H3. The van der Waals surface area contributed by atoms with E-state index in [9.17, 15) is 0 Å². The minimum Gasteiger partial charge on any atom is -0.494 e. The van der Waals surface area contributed by atoms with Crippen LogP contribution in [0.25, 0.3) is 0 Å². The molecule has 1 aliphatic rings. The first kappa shape index (κ1) is 14.7. The van der Waals surface area contributed by atoms with E-state index in [4.69, 9.17) is 11.2 Å². The monoisotopic (exact) mass is 272 g/mol. The number of terminal acetylenes is 1. The number of rotatable bonds is 6. The fourth-order valence-electron chi connectivity index (χ4n) is 2.50. The molecule has 0 radical (unpaired) electrons. The average Bonchev–Trinajstić information content (AvgIpc) is 2.48. The van der Waals surface area contributed by atoms with Gasteiger partial charge in [0.15, 0.2) is 0 Å². The van der Waals surface area contributed by atoms with Crippen molar-refractivity contribution in [2.45, 2.75) is 32.2 Å². The number of likely N-dealkylation sites (tertiary alicyclic amines) is 1. The van der Waals surface area contributed by atoms with E-state index in [0.717, 1.165) is 56.9 Å². The zero-order valence-electron chi connectivity index (χ0n) is 12.3. The Balaban J connectivity index is 1.83. The van der Waals surface area contributed by atoms with Crippen LogP contribution in [-0.2, 0) is 0 Å². The van der Waals surface area contributed by atoms with E-state index in [-0.39, 0.29) is 0 Å². The molecule has 0 aliphatic carbocycles. The Morgan fingerprint density at radius 2 is 2.20 bits per heavy atom. The van der Waals surface area contributed by atoms with Gasteiger partial charge in [0.1, 0.15) is 5.75 Å². The lowest BCUT2D eigenvalue weighted by Crippen LogP contribution is -2.39. The van der Waals surface area contributed by atoms with Gasteiger partial charge in [-0.15, -0.1) is 6.42 Å². The molecule has 0 saturated carbocycles. The highest BCUT2D eigenvalue weighted by atomic mass is 16.5. The van der Waals surface area contributed by atoms with Crippen LogP contribution in [0, 0.1) is 12.3 Å². The Kier molecular flexibility index (Phi) is 5.76. The van der Waals surface area contributed by atoms with Crippen LogP contribution >= 0.6 is 0 Å². The zero-order valence-corrected chi connectivity index (χ0v) is 12.3. The van der Waals surface area contributed by atoms with Gasteiger partial charge in [-0.3, -0.25) is 4.90 Å². The molecule has 1 aliphatic heterocycles. The zero-order chi connectivity index (χ0) is 14.2. The van der Waals surface area contributed by atoms with E-state index >= 15 is 0 Å². The van der Waals surface area contributed by atoms with E-state index in [1.807, 2.05) is 12.1 Å². The first-order valence-corrected chi connectivity index (χ1v) is 7.47. The van der Waals surface area contributed by atoms with Crippen LogP contribution in [0.15, 0.2) is 24.3 Å². The molecule has 3 heteroatoms. The Morgan fingerprint density at radius 1 is 1.40 bits per heavy atom. The summed E-state index contributed by atoms with van der Waals surface area (Å²) in [7, 11) is 0. The van der Waals surface area contributed by atoms with Crippen LogP contribution in [0.4, 0.5) is 5.69 Å². The predicted molar refractivity (Wildman–Crippen MR) is 84.1 cm³/mol. The Labute approximate surface area is 122 Å². The van der Waals surface area contributed by atoms with Crippen LogP contribution < -0.4 is 10.1 Å². The number of ether oxygens (including phenoxy) is 1. The van der Waals surface area contributed by atoms with E-state index in [1.165, 1.54) is 0 Å². The maximum Gasteiger partial charge on any atom is 0.121 e. The van der Waals surface area contributed by atoms with Crippen LogP contribution in [0.3, 0.4) is 0 Å². The SMILES string of the molecule is C#CCN1CCC(Nc2cccc(OCCC)c2)CC1. The van der Waals surface area contributed by atoms with Gasteiger partial charge in [0, 0.05) is 30.9 Å². The van der Waals surface area contributed by atoms with Crippen molar-refractivity contribution < 1.29 is 4.74 Å². The summed E-state index contributed by atoms with van der Waals surface area (Å²) < 4.78 is 5.66. The van der Waals surface area contributed by atoms with Gasteiger partial charge in [0.05, 0.1) is 13.2 Å². The molecule has 0 aromatic heterocycles. The van der Waals surface area contributed by atoms with E-state index in [1.54, 1.807) is 0 Å². The number of hydrogen-bond donors (Lipinski definition) is 1. The van der Waals surface area contributed by atoms with Crippen molar-refractivity contribution in [2.24, 2.45) is 0 Å². The van der Waals surface area contributed by atoms with Gasteiger partial charge >= 0.3 is 0 Å². The fraction of sp³-hybridized carbons (Fsp3) is 0.529. The summed E-state index contributed by atoms with van der Waals surface area (Å²) in [5.41, 5.74) is 1.15. The second-order valence-corrected chi connectivity index (χ2v) is 5.28. The highest BCUT2D eigenvalue weighted by Crippen LogP contribution is 2.21. The molecule has 1 aromatic carbocycles. The molecule has 2 rings (SSSR count). The molecule has 0 spiro atoms. The van der Waals surface area contributed by atoms with Crippen molar-refractivity contribution in [3.63, 3.8) is 0 Å². The quantitative estimate of drug-likeness (QED) is 0.806. The lowest BCUT2D eigenvalue weighted by atomic mass is 10.0. The molecular formula is C17H24N2O. The third-order valence-electron chi connectivity index (χ3n) is 3.58. The van der Waals surface area contributed by atoms with E-state index in [2.05, 4.69) is 35.2 Å². The summed E-state index contributed by atoms with van der Waals surface area (Å²) >= 11 is 0. The smallest absolute Gasteiger partial charge is 0.121 e. The van der Waals surface area contributed by atoms with E-state index < -0.39 is 0 Å². The van der Waals surface area contributed by atoms with Gasteiger partial charge in [-0.2, -0.15) is 0 Å². The second-order valence-electron chi connectivity index (χ2n) is 5.28. The normalized spacial score (nSPS) is 16.6. The number of piperidine rings is 1. The van der Waals surface area contributed by atoms with Crippen molar-refractivity contribution in [3.8, 4) is 18.1 Å². The topological polar surface area (TPSA) is 24.5 Å². The second kappa shape index (κ2) is 7.81. The van der Waals surface area contributed by atoms with Crippen molar-refractivity contribution >= 4 is 5.69 Å². The highest BCUT2D eigenvalue weighted by molar-refractivity contribution is 5.48. The molecule has 1 aromatic rings. The summed E-state index contributed by atoms with van der Waals surface area (Å²) in [4.78, 5) is 2.33. The first-order chi connectivity index (χ1) is 9.81. The molecule has 1 fully saturated rings. The van der Waals surface area contributed by atoms with Gasteiger partial charge in [-0.25, -0.2) is 0 Å². The van der Waals surface area contributed by atoms with Crippen molar-refractivity contribution in [1.29, 1.82) is 0 Å². The Hall–Kier alpha value is -1.66. The number of benzene rings is 1. The summed E-state index contributed by atoms with van der Waals surface area (Å²) in [5, 5.41) is 3.60. The van der Waals surface area contributed by atoms with Gasteiger partial charge < -0.3 is 10.1 Å². The number of nitrogens with one attached hydrogen (secondary N) is 1. The molecule has 1 N–H and O–H groups in total. The predicted octanol–water partition coefficient (Wildman–Crippen LogP) is 2.98. The van der Waals surface area contributed by atoms with Gasteiger partial charge in [0.25, 0.3) is 0 Å². The summed E-state index contributed by atoms with van der Waals surface area (Å²) in [6, 6.07) is 8.78. The Morgan fingerprint density at radius 3 is 2.90 bits per heavy atom. The first-order valence-electron chi connectivity index (χ1n) is 7.47. The third-order valence-corrected chi connectivity index (χ3v) is 3.58. The highest BCUT2D eigenvalue weighted by Gasteiger charge is 2.18. The molecule has 1 saturated heterocycles. The molecule has 0 bridgehead atoms. The molecule has 0 amide bonds. The average molecular weight is 272 g/mol. The van der Waals surface area contributed by atoms with E-state index in [0.29, 0.717) is 6.04 Å². The van der Waals surface area contributed by atoms with Crippen molar-refractivity contribution in [3.05, 3.63) is 24.3 Å². The minimum atomic E-state index is 0.533. The molecular weight excluding hydrogens is 248 g/mol. The van der Waals surface area contributed by atoms with Crippen molar-refractivity contribution in [1.82, 2.24) is 4.90 Å². The van der Waals surface area contributed by atoms with Crippen LogP contribution in [0.5, 0.6) is 5.75 Å². The molecule has 3 nitrogen and oxygen atoms in total. The molecule has 0 unspecified atom stereocenters. The van der Waals surface area contributed by atoms with Crippen LogP contribution in [0.2, 0.25) is 0 Å². The molecule has 1 heterocycles. The maximum absolute atomic E-state index is 5.66. The minimum absolute atomic E-state index is 0.533. The largest absolute Gasteiger partial charge is 0.494 e. The number of nitrogens with zero attached hydrogens (tertiary/aromatic N) is 1. The maximum atomic E-state index is 5.66. The lowest BCUT2D eigenvalue weighted by molar-refractivity contribution is 0.243. The molecule has 0 atom stereocenters. The van der Waals surface area contributed by atoms with Gasteiger partial charge in [-0.05, 0) is 31.4 Å². The number of anilines is 1. The van der Waals surface area contributed by atoms with Crippen LogP contribution in [-0.4, -0.2) is 37.2 Å². The summed E-state index contributed by atoms with van der Waals surface area (Å²) in [5.74, 6) is 3.66. The summed E-state index contributed by atoms with van der Waals surface area (Å²) in [6.45, 7) is 5.81. The Bertz CT molecular complexity index is 445. The lowest BCUT2D eigenvalue weighted by Gasteiger charge is -2.31. The van der Waals surface area contributed by atoms with Gasteiger partial charge in [-0.1, -0.05) is 18.9 Å². The number of hydrogen-bond acceptors (Lipinski definition) is 3.